The first kappa shape index (κ1) is 21.9. The fourth-order valence-corrected chi connectivity index (χ4v) is 4.31. The molecule has 1 atom stereocenters. The zero-order chi connectivity index (χ0) is 18.9. The summed E-state index contributed by atoms with van der Waals surface area (Å²) in [6.45, 7) is 3.45. The molecule has 140 valence electrons. The van der Waals surface area contributed by atoms with Crippen molar-refractivity contribution in [3.05, 3.63) is 39.8 Å². The van der Waals surface area contributed by atoms with Gasteiger partial charge in [0.15, 0.2) is 5.78 Å². The molecule has 1 aromatic carbocycles. The zero-order valence-electron chi connectivity index (χ0n) is 13.9. The first-order chi connectivity index (χ1) is 11.9. The van der Waals surface area contributed by atoms with Crippen LogP contribution >= 0.6 is 30.8 Å². The van der Waals surface area contributed by atoms with Crippen LogP contribution < -0.4 is 5.32 Å². The molecule has 0 saturated carbocycles. The van der Waals surface area contributed by atoms with E-state index in [0.717, 1.165) is 0 Å². The molecule has 0 aromatic heterocycles. The van der Waals surface area contributed by atoms with E-state index in [9.17, 15) is 14.3 Å². The monoisotopic (exact) mass is 411 g/mol. The number of nitrogens with one attached hydrogen (secondary N) is 1. The van der Waals surface area contributed by atoms with Crippen LogP contribution in [0.2, 0.25) is 5.02 Å². The molecule has 0 aliphatic heterocycles. The van der Waals surface area contributed by atoms with Crippen LogP contribution in [0.25, 0.3) is 0 Å². The number of halogens is 2. The number of alkyl halides is 1. The zero-order valence-corrected chi connectivity index (χ0v) is 16.3. The van der Waals surface area contributed by atoms with Crippen molar-refractivity contribution in [2.24, 2.45) is 5.29 Å². The molecule has 2 amide bonds. The fraction of sp³-hybridized carbons (Fsp3) is 0.500. The number of urea groups is 1. The van der Waals surface area contributed by atoms with Gasteiger partial charge in [0.2, 0.25) is 0 Å². The van der Waals surface area contributed by atoms with Crippen LogP contribution in [0.4, 0.5) is 4.79 Å². The summed E-state index contributed by atoms with van der Waals surface area (Å²) < 4.78 is 23.9. The van der Waals surface area contributed by atoms with Crippen molar-refractivity contribution in [2.75, 3.05) is 25.6 Å². The summed E-state index contributed by atoms with van der Waals surface area (Å²) in [6, 6.07) is 5.24. The second-order valence-electron chi connectivity index (χ2n) is 4.65. The minimum atomic E-state index is -3.93. The van der Waals surface area contributed by atoms with Gasteiger partial charge in [0.1, 0.15) is 0 Å². The predicted molar refractivity (Wildman–Crippen MR) is 96.8 cm³/mol. The van der Waals surface area contributed by atoms with E-state index in [-0.39, 0.29) is 25.6 Å². The van der Waals surface area contributed by atoms with Crippen LogP contribution in [0.5, 0.6) is 0 Å². The normalized spacial score (nSPS) is 12.5. The van der Waals surface area contributed by atoms with E-state index < -0.39 is 19.4 Å². The Morgan fingerprint density at radius 1 is 1.28 bits per heavy atom. The van der Waals surface area contributed by atoms with Crippen molar-refractivity contribution in [3.63, 3.8) is 0 Å². The Morgan fingerprint density at radius 3 is 2.28 bits per heavy atom. The summed E-state index contributed by atoms with van der Waals surface area (Å²) in [4.78, 5) is 23.6. The van der Waals surface area contributed by atoms with E-state index in [0.29, 0.717) is 15.6 Å². The standard InChI is InChI=1S/C14H20Cl2N3O5P/c1-3-23-25(22,24-4-2)13(11-5-7-12(16)8-6-11)19(18-21)14(20)17-10-9-15/h5-8,13H,3-4,9-10H2,1-2H3,(H,17,20). The maximum atomic E-state index is 13.3. The van der Waals surface area contributed by atoms with Crippen LogP contribution in [0.1, 0.15) is 25.2 Å². The maximum Gasteiger partial charge on any atom is 0.359 e. The van der Waals surface area contributed by atoms with Crippen LogP contribution in [-0.2, 0) is 13.6 Å². The Kier molecular flexibility index (Phi) is 9.38. The third kappa shape index (κ3) is 5.94. The summed E-state index contributed by atoms with van der Waals surface area (Å²) in [6.07, 6.45) is 0. The van der Waals surface area contributed by atoms with Crippen molar-refractivity contribution < 1.29 is 18.4 Å². The van der Waals surface area contributed by atoms with Crippen molar-refractivity contribution in [1.29, 1.82) is 0 Å². The van der Waals surface area contributed by atoms with E-state index in [1.807, 2.05) is 0 Å². The highest BCUT2D eigenvalue weighted by molar-refractivity contribution is 7.54. The second-order valence-corrected chi connectivity index (χ2v) is 7.55. The van der Waals surface area contributed by atoms with Gasteiger partial charge in [0.05, 0.1) is 18.5 Å². The number of rotatable bonds is 10. The Hall–Kier alpha value is -1.18. The highest BCUT2D eigenvalue weighted by atomic mass is 35.5. The smallest absolute Gasteiger partial charge is 0.335 e. The molecule has 1 unspecified atom stereocenters. The van der Waals surface area contributed by atoms with Gasteiger partial charge in [0.25, 0.3) is 0 Å². The summed E-state index contributed by atoms with van der Waals surface area (Å²) >= 11 is 11.4. The number of carbonyl (C=O) groups excluding carboxylic acids is 1. The van der Waals surface area contributed by atoms with Gasteiger partial charge in [-0.25, -0.2) is 4.79 Å². The third-order valence-electron chi connectivity index (χ3n) is 2.98. The molecular formula is C14H20Cl2N3O5P. The van der Waals surface area contributed by atoms with Gasteiger partial charge in [-0.05, 0) is 31.5 Å². The van der Waals surface area contributed by atoms with Crippen molar-refractivity contribution >= 4 is 36.8 Å². The quantitative estimate of drug-likeness (QED) is 0.264. The van der Waals surface area contributed by atoms with E-state index in [4.69, 9.17) is 32.2 Å². The van der Waals surface area contributed by atoms with E-state index in [1.165, 1.54) is 24.3 Å². The third-order valence-corrected chi connectivity index (χ3v) is 5.78. The summed E-state index contributed by atoms with van der Waals surface area (Å²) in [7, 11) is -3.93. The average molecular weight is 412 g/mol. The second kappa shape index (κ2) is 10.7. The highest BCUT2D eigenvalue weighted by Crippen LogP contribution is 2.62. The molecule has 25 heavy (non-hydrogen) atoms. The number of amides is 2. The molecule has 0 aliphatic rings. The number of nitrogens with zero attached hydrogens (tertiary/aromatic N) is 2. The Balaban J connectivity index is 3.38. The molecular weight excluding hydrogens is 392 g/mol. The molecule has 0 spiro atoms. The molecule has 0 aliphatic carbocycles. The van der Waals surface area contributed by atoms with Crippen LogP contribution in [0.3, 0.4) is 0 Å². The lowest BCUT2D eigenvalue weighted by Crippen LogP contribution is -2.40. The molecule has 0 saturated heterocycles. The van der Waals surface area contributed by atoms with Gasteiger partial charge >= 0.3 is 13.6 Å². The number of carbonyl (C=O) groups is 1. The lowest BCUT2D eigenvalue weighted by atomic mass is 10.2. The predicted octanol–water partition coefficient (Wildman–Crippen LogP) is 4.54. The fourth-order valence-electron chi connectivity index (χ4n) is 2.06. The highest BCUT2D eigenvalue weighted by Gasteiger charge is 2.44. The number of hydrogen-bond acceptors (Lipinski definition) is 6. The van der Waals surface area contributed by atoms with Crippen LogP contribution in [0.15, 0.2) is 29.6 Å². The van der Waals surface area contributed by atoms with Gasteiger partial charge < -0.3 is 14.4 Å². The van der Waals surface area contributed by atoms with E-state index >= 15 is 0 Å². The lowest BCUT2D eigenvalue weighted by Gasteiger charge is -2.30. The molecule has 1 aromatic rings. The van der Waals surface area contributed by atoms with Crippen LogP contribution in [0, 0.1) is 4.91 Å². The SMILES string of the molecule is CCOP(=O)(OCC)C(c1ccc(Cl)cc1)N(N=O)C(=O)NCCCl. The average Bonchev–Trinajstić information content (AvgIpc) is 2.59. The molecule has 1 N–H and O–H groups in total. The molecule has 0 heterocycles. The first-order valence-electron chi connectivity index (χ1n) is 7.54. The van der Waals surface area contributed by atoms with Crippen molar-refractivity contribution in [2.45, 2.75) is 19.6 Å². The molecule has 0 fully saturated rings. The van der Waals surface area contributed by atoms with Gasteiger partial charge in [-0.2, -0.15) is 5.01 Å². The largest absolute Gasteiger partial charge is 0.359 e. The van der Waals surface area contributed by atoms with Crippen LogP contribution in [-0.4, -0.2) is 36.7 Å². The topological polar surface area (TPSA) is 97.3 Å². The number of hydrogen-bond donors (Lipinski definition) is 1. The summed E-state index contributed by atoms with van der Waals surface area (Å²) in [5, 5.41) is 6.07. The Labute approximate surface area is 156 Å². The van der Waals surface area contributed by atoms with Gasteiger partial charge in [-0.1, -0.05) is 23.7 Å². The number of nitroso groups, excluding NO2 is 1. The van der Waals surface area contributed by atoms with Gasteiger partial charge in [-0.3, -0.25) is 4.57 Å². The van der Waals surface area contributed by atoms with Gasteiger partial charge in [-0.15, -0.1) is 16.5 Å². The molecule has 1 rings (SSSR count). The van der Waals surface area contributed by atoms with Gasteiger partial charge in [0, 0.05) is 17.4 Å². The maximum absolute atomic E-state index is 13.3. The van der Waals surface area contributed by atoms with E-state index in [2.05, 4.69) is 10.6 Å². The summed E-state index contributed by atoms with van der Waals surface area (Å²) in [5.41, 5.74) is 0.329. The van der Waals surface area contributed by atoms with E-state index in [1.54, 1.807) is 13.8 Å². The minimum Gasteiger partial charge on any atom is -0.335 e. The number of benzene rings is 1. The van der Waals surface area contributed by atoms with Crippen molar-refractivity contribution in [3.8, 4) is 0 Å². The Morgan fingerprint density at radius 2 is 1.84 bits per heavy atom. The Bertz CT molecular complexity index is 607. The lowest BCUT2D eigenvalue weighted by molar-refractivity contribution is 0.160. The molecule has 11 heteroatoms. The van der Waals surface area contributed by atoms with Crippen molar-refractivity contribution in [1.82, 2.24) is 10.3 Å². The molecule has 0 bridgehead atoms. The first-order valence-corrected chi connectivity index (χ1v) is 10.1. The summed E-state index contributed by atoms with van der Waals surface area (Å²) in [5.74, 6) is -1.23. The minimum absolute atomic E-state index is 0.0529. The molecule has 0 radical (unpaired) electrons. The molecule has 8 nitrogen and oxygen atoms in total.